The highest BCUT2D eigenvalue weighted by atomic mass is 35.5. The average molecular weight is 377 g/mol. The first-order valence-corrected chi connectivity index (χ1v) is 9.81. The fourth-order valence-corrected chi connectivity index (χ4v) is 4.74. The molecule has 2 fully saturated rings. The van der Waals surface area contributed by atoms with E-state index in [0.29, 0.717) is 36.4 Å². The minimum absolute atomic E-state index is 0.0313. The standard InChI is InChI=1S/C20H25ClN2O3/c21-15-7-4-8-17-18(15)16(11-23(17)9-10-24)22-19(25)20(12-26-13-20)14-5-2-1-3-6-14/h4,7-8,11,14,24H,1-3,5-6,9-10,12-13H2,(H,22,25). The van der Waals surface area contributed by atoms with Crippen LogP contribution < -0.4 is 5.32 Å². The van der Waals surface area contributed by atoms with Crippen LogP contribution in [0.2, 0.25) is 5.02 Å². The van der Waals surface area contributed by atoms with Gasteiger partial charge < -0.3 is 19.7 Å². The van der Waals surface area contributed by atoms with Crippen molar-refractivity contribution in [3.63, 3.8) is 0 Å². The Morgan fingerprint density at radius 3 is 2.73 bits per heavy atom. The highest BCUT2D eigenvalue weighted by molar-refractivity contribution is 6.36. The molecule has 0 spiro atoms. The molecule has 1 aromatic carbocycles. The fourth-order valence-electron chi connectivity index (χ4n) is 4.47. The Hall–Kier alpha value is -1.56. The van der Waals surface area contributed by atoms with Crippen molar-refractivity contribution in [2.45, 2.75) is 38.6 Å². The average Bonchev–Trinajstić information content (AvgIpc) is 2.94. The molecule has 0 unspecified atom stereocenters. The predicted molar refractivity (Wildman–Crippen MR) is 102 cm³/mol. The number of carbonyl (C=O) groups is 1. The molecule has 0 bridgehead atoms. The molecule has 2 N–H and O–H groups in total. The number of amides is 1. The fraction of sp³-hybridized carbons (Fsp3) is 0.550. The summed E-state index contributed by atoms with van der Waals surface area (Å²) in [6, 6.07) is 5.66. The number of halogens is 1. The molecule has 4 rings (SSSR count). The van der Waals surface area contributed by atoms with Gasteiger partial charge in [-0.15, -0.1) is 0 Å². The van der Waals surface area contributed by atoms with E-state index >= 15 is 0 Å². The summed E-state index contributed by atoms with van der Waals surface area (Å²) < 4.78 is 7.41. The van der Waals surface area contributed by atoms with Crippen LogP contribution in [0, 0.1) is 11.3 Å². The lowest BCUT2D eigenvalue weighted by Gasteiger charge is -2.47. The van der Waals surface area contributed by atoms with Crippen molar-refractivity contribution in [1.29, 1.82) is 0 Å². The van der Waals surface area contributed by atoms with E-state index in [1.807, 2.05) is 29.0 Å². The van der Waals surface area contributed by atoms with Crippen molar-refractivity contribution in [2.75, 3.05) is 25.1 Å². The lowest BCUT2D eigenvalue weighted by atomic mass is 9.66. The van der Waals surface area contributed by atoms with E-state index < -0.39 is 5.41 Å². The van der Waals surface area contributed by atoms with E-state index in [0.717, 1.165) is 23.7 Å². The summed E-state index contributed by atoms with van der Waals surface area (Å²) in [5.74, 6) is 0.435. The summed E-state index contributed by atoms with van der Waals surface area (Å²) in [6.45, 7) is 1.51. The minimum Gasteiger partial charge on any atom is -0.395 e. The molecular formula is C20H25ClN2O3. The van der Waals surface area contributed by atoms with Gasteiger partial charge in [-0.3, -0.25) is 4.79 Å². The highest BCUT2D eigenvalue weighted by Gasteiger charge is 2.51. The second kappa shape index (κ2) is 7.22. The number of anilines is 1. The number of ether oxygens (including phenoxy) is 1. The second-order valence-corrected chi connectivity index (χ2v) is 7.94. The van der Waals surface area contributed by atoms with Gasteiger partial charge in [-0.25, -0.2) is 0 Å². The highest BCUT2D eigenvalue weighted by Crippen LogP contribution is 2.45. The van der Waals surface area contributed by atoms with Crippen LogP contribution >= 0.6 is 11.6 Å². The van der Waals surface area contributed by atoms with Crippen molar-refractivity contribution in [3.05, 3.63) is 29.4 Å². The molecule has 0 atom stereocenters. The maximum Gasteiger partial charge on any atom is 0.235 e. The van der Waals surface area contributed by atoms with E-state index in [4.69, 9.17) is 16.3 Å². The third kappa shape index (κ3) is 2.92. The number of hydrogen-bond donors (Lipinski definition) is 2. The van der Waals surface area contributed by atoms with Gasteiger partial charge in [0.1, 0.15) is 0 Å². The van der Waals surface area contributed by atoms with Gasteiger partial charge in [-0.2, -0.15) is 0 Å². The number of aliphatic hydroxyl groups excluding tert-OH is 1. The molecule has 1 saturated carbocycles. The summed E-state index contributed by atoms with van der Waals surface area (Å²) in [4.78, 5) is 13.2. The number of carbonyl (C=O) groups excluding carboxylic acids is 1. The normalized spacial score (nSPS) is 20.1. The number of hydrogen-bond acceptors (Lipinski definition) is 3. The molecule has 2 aliphatic rings. The van der Waals surface area contributed by atoms with Crippen molar-refractivity contribution in [3.8, 4) is 0 Å². The Balaban J connectivity index is 1.65. The predicted octanol–water partition coefficient (Wildman–Crippen LogP) is 3.82. The zero-order valence-electron chi connectivity index (χ0n) is 14.8. The maximum atomic E-state index is 13.2. The Kier molecular flexibility index (Phi) is 4.95. The summed E-state index contributed by atoms with van der Waals surface area (Å²) in [7, 11) is 0. The molecule has 2 heterocycles. The molecule has 1 aliphatic carbocycles. The first-order chi connectivity index (χ1) is 12.7. The van der Waals surface area contributed by atoms with Crippen LogP contribution in [0.25, 0.3) is 10.9 Å². The number of nitrogens with one attached hydrogen (secondary N) is 1. The van der Waals surface area contributed by atoms with Crippen molar-refractivity contribution in [2.24, 2.45) is 11.3 Å². The molecule has 1 aliphatic heterocycles. The van der Waals surface area contributed by atoms with Crippen molar-refractivity contribution < 1.29 is 14.6 Å². The molecular weight excluding hydrogens is 352 g/mol. The van der Waals surface area contributed by atoms with Gasteiger partial charge in [0.15, 0.2) is 0 Å². The van der Waals surface area contributed by atoms with E-state index in [1.165, 1.54) is 19.3 Å². The van der Waals surface area contributed by atoms with Crippen LogP contribution in [0.3, 0.4) is 0 Å². The zero-order valence-corrected chi connectivity index (χ0v) is 15.6. The van der Waals surface area contributed by atoms with Gasteiger partial charge >= 0.3 is 0 Å². The van der Waals surface area contributed by atoms with E-state index in [-0.39, 0.29) is 12.5 Å². The molecule has 2 aromatic rings. The monoisotopic (exact) mass is 376 g/mol. The van der Waals surface area contributed by atoms with Gasteiger partial charge in [0.2, 0.25) is 5.91 Å². The molecule has 1 amide bonds. The van der Waals surface area contributed by atoms with Crippen LogP contribution in [0.4, 0.5) is 5.69 Å². The van der Waals surface area contributed by atoms with Gasteiger partial charge in [-0.05, 0) is 30.9 Å². The SMILES string of the molecule is O=C(Nc1cn(CCO)c2cccc(Cl)c12)C1(C2CCCCC2)COC1. The largest absolute Gasteiger partial charge is 0.395 e. The van der Waals surface area contributed by atoms with Crippen LogP contribution in [-0.2, 0) is 16.1 Å². The number of fused-ring (bicyclic) bond motifs is 1. The summed E-state index contributed by atoms with van der Waals surface area (Å²) in [6.07, 6.45) is 7.73. The van der Waals surface area contributed by atoms with Gasteiger partial charge in [0, 0.05) is 18.1 Å². The van der Waals surface area contributed by atoms with E-state index in [1.54, 1.807) is 0 Å². The van der Waals surface area contributed by atoms with Gasteiger partial charge in [0.05, 0.1) is 41.5 Å². The molecule has 26 heavy (non-hydrogen) atoms. The Labute approximate surface area is 158 Å². The molecule has 6 heteroatoms. The Morgan fingerprint density at radius 1 is 1.31 bits per heavy atom. The number of nitrogens with zero attached hydrogens (tertiary/aromatic N) is 1. The number of benzene rings is 1. The smallest absolute Gasteiger partial charge is 0.235 e. The number of rotatable bonds is 5. The Morgan fingerprint density at radius 2 is 2.08 bits per heavy atom. The summed E-state index contributed by atoms with van der Waals surface area (Å²) >= 11 is 6.42. The van der Waals surface area contributed by atoms with E-state index in [9.17, 15) is 9.90 Å². The lowest BCUT2D eigenvalue weighted by Crippen LogP contribution is -2.56. The first-order valence-electron chi connectivity index (χ1n) is 9.43. The minimum atomic E-state index is -0.410. The van der Waals surface area contributed by atoms with Crippen molar-refractivity contribution >= 4 is 34.1 Å². The quantitative estimate of drug-likeness (QED) is 0.833. The van der Waals surface area contributed by atoms with Crippen LogP contribution in [0.15, 0.2) is 24.4 Å². The molecule has 5 nitrogen and oxygen atoms in total. The first kappa shape index (κ1) is 17.8. The number of aromatic nitrogens is 1. The summed E-state index contributed by atoms with van der Waals surface area (Å²) in [5.41, 5.74) is 1.22. The zero-order chi connectivity index (χ0) is 18.1. The maximum absolute atomic E-state index is 13.2. The lowest BCUT2D eigenvalue weighted by molar-refractivity contribution is -0.172. The van der Waals surface area contributed by atoms with Crippen LogP contribution in [-0.4, -0.2) is 35.4 Å². The Bertz CT molecular complexity index is 807. The van der Waals surface area contributed by atoms with Crippen molar-refractivity contribution in [1.82, 2.24) is 4.57 Å². The molecule has 1 saturated heterocycles. The molecule has 0 radical (unpaired) electrons. The number of aliphatic hydroxyl groups is 1. The molecule has 140 valence electrons. The van der Waals surface area contributed by atoms with Crippen LogP contribution in [0.5, 0.6) is 0 Å². The van der Waals surface area contributed by atoms with E-state index in [2.05, 4.69) is 5.32 Å². The summed E-state index contributed by atoms with van der Waals surface area (Å²) in [5, 5.41) is 13.9. The third-order valence-electron chi connectivity index (χ3n) is 6.00. The van der Waals surface area contributed by atoms with Gasteiger partial charge in [0.25, 0.3) is 0 Å². The van der Waals surface area contributed by atoms with Crippen LogP contribution in [0.1, 0.15) is 32.1 Å². The topological polar surface area (TPSA) is 63.5 Å². The van der Waals surface area contributed by atoms with Gasteiger partial charge in [-0.1, -0.05) is 36.9 Å². The second-order valence-electron chi connectivity index (χ2n) is 7.53. The third-order valence-corrected chi connectivity index (χ3v) is 6.32. The molecule has 1 aromatic heterocycles.